The largest absolute Gasteiger partial charge is 0.484 e. The molecule has 0 bridgehead atoms. The number of halogens is 4. The minimum atomic E-state index is -0.243. The number of benzene rings is 2. The van der Waals surface area contributed by atoms with Crippen molar-refractivity contribution < 1.29 is 9.53 Å². The zero-order valence-electron chi connectivity index (χ0n) is 15.0. The fraction of sp³-hybridized carbons (Fsp3) is 0.167. The summed E-state index contributed by atoms with van der Waals surface area (Å²) < 4.78 is 7.42. The topological polar surface area (TPSA) is 69.0 Å². The van der Waals surface area contributed by atoms with E-state index in [4.69, 9.17) is 51.1 Å². The first-order valence-electron chi connectivity index (χ1n) is 8.18. The Morgan fingerprint density at radius 1 is 1.14 bits per heavy atom. The van der Waals surface area contributed by atoms with E-state index < -0.39 is 0 Å². The number of aromatic nitrogens is 3. The number of carbonyl (C=O) groups is 1. The van der Waals surface area contributed by atoms with Crippen LogP contribution in [0.15, 0.2) is 41.6 Å². The zero-order chi connectivity index (χ0) is 21.0. The van der Waals surface area contributed by atoms with Crippen molar-refractivity contribution in [2.75, 3.05) is 11.1 Å². The van der Waals surface area contributed by atoms with E-state index in [1.807, 2.05) is 0 Å². The number of hydrogen-bond acceptors (Lipinski definition) is 5. The lowest BCUT2D eigenvalue weighted by molar-refractivity contribution is -0.113. The van der Waals surface area contributed by atoms with Gasteiger partial charge >= 0.3 is 0 Å². The Morgan fingerprint density at radius 3 is 2.69 bits per heavy atom. The second kappa shape index (κ2) is 9.91. The first-order chi connectivity index (χ1) is 13.8. The standard InChI is InChI=1S/C18H14Cl4N4O2S/c1-26-15(8-28-14-6-5-10(19)7-12(14)21)24-25-18(26)29-9-16(27)23-13-4-2-3-11(20)17(13)22/h2-7H,8-9H2,1H3,(H,23,27). The maximum Gasteiger partial charge on any atom is 0.234 e. The smallest absolute Gasteiger partial charge is 0.234 e. The van der Waals surface area contributed by atoms with Crippen LogP contribution in [0, 0.1) is 0 Å². The Labute approximate surface area is 191 Å². The number of ether oxygens (including phenoxy) is 1. The van der Waals surface area contributed by atoms with E-state index in [1.54, 1.807) is 48.0 Å². The molecule has 1 aromatic heterocycles. The Bertz CT molecular complexity index is 1040. The first-order valence-corrected chi connectivity index (χ1v) is 10.7. The zero-order valence-corrected chi connectivity index (χ0v) is 18.8. The van der Waals surface area contributed by atoms with Gasteiger partial charge in [0.05, 0.1) is 26.5 Å². The van der Waals surface area contributed by atoms with Gasteiger partial charge in [-0.2, -0.15) is 0 Å². The second-order valence-electron chi connectivity index (χ2n) is 5.76. The summed E-state index contributed by atoms with van der Waals surface area (Å²) in [7, 11) is 1.79. The molecule has 0 saturated heterocycles. The summed E-state index contributed by atoms with van der Waals surface area (Å²) in [5.74, 6) is 0.953. The molecule has 0 unspecified atom stereocenters. The number of thioether (sulfide) groups is 1. The molecule has 0 spiro atoms. The maximum absolute atomic E-state index is 12.2. The fourth-order valence-corrected chi connectivity index (χ4v) is 3.79. The van der Waals surface area contributed by atoms with E-state index in [1.165, 1.54) is 11.8 Å². The van der Waals surface area contributed by atoms with E-state index in [0.717, 1.165) is 0 Å². The Morgan fingerprint density at radius 2 is 1.93 bits per heavy atom. The van der Waals surface area contributed by atoms with Gasteiger partial charge in [-0.1, -0.05) is 64.2 Å². The molecule has 1 heterocycles. The van der Waals surface area contributed by atoms with Crippen LogP contribution >= 0.6 is 58.2 Å². The molecule has 0 fully saturated rings. The molecule has 1 amide bonds. The highest BCUT2D eigenvalue weighted by Crippen LogP contribution is 2.30. The Hall–Kier alpha value is -1.64. The SMILES string of the molecule is Cn1c(COc2ccc(Cl)cc2Cl)nnc1SCC(=O)Nc1cccc(Cl)c1Cl. The van der Waals surface area contributed by atoms with Crippen LogP contribution < -0.4 is 10.1 Å². The van der Waals surface area contributed by atoms with Crippen LogP contribution in [0.3, 0.4) is 0 Å². The van der Waals surface area contributed by atoms with Gasteiger partial charge in [-0.3, -0.25) is 4.79 Å². The molecule has 0 aliphatic rings. The average Bonchev–Trinajstić information content (AvgIpc) is 3.03. The van der Waals surface area contributed by atoms with E-state index in [9.17, 15) is 4.79 Å². The molecule has 11 heteroatoms. The molecule has 29 heavy (non-hydrogen) atoms. The number of carbonyl (C=O) groups excluding carboxylic acids is 1. The molecular weight excluding hydrogens is 478 g/mol. The molecule has 0 atom stereocenters. The highest BCUT2D eigenvalue weighted by molar-refractivity contribution is 7.99. The lowest BCUT2D eigenvalue weighted by Gasteiger charge is -2.09. The van der Waals surface area contributed by atoms with E-state index in [0.29, 0.717) is 42.5 Å². The molecule has 2 aromatic carbocycles. The van der Waals surface area contributed by atoms with Crippen LogP contribution in [-0.4, -0.2) is 26.4 Å². The third kappa shape index (κ3) is 5.71. The number of rotatable bonds is 7. The summed E-state index contributed by atoms with van der Waals surface area (Å²) >= 11 is 25.2. The van der Waals surface area contributed by atoms with Gasteiger partial charge in [0, 0.05) is 12.1 Å². The van der Waals surface area contributed by atoms with Gasteiger partial charge in [-0.15, -0.1) is 10.2 Å². The number of anilines is 1. The normalized spacial score (nSPS) is 10.8. The van der Waals surface area contributed by atoms with Crippen LogP contribution in [0.4, 0.5) is 5.69 Å². The average molecular weight is 492 g/mol. The van der Waals surface area contributed by atoms with Gasteiger partial charge in [-0.05, 0) is 30.3 Å². The number of hydrogen-bond donors (Lipinski definition) is 1. The molecular formula is C18H14Cl4N4O2S. The predicted molar refractivity (Wildman–Crippen MR) is 118 cm³/mol. The van der Waals surface area contributed by atoms with Crippen LogP contribution in [0.1, 0.15) is 5.82 Å². The number of nitrogens with one attached hydrogen (secondary N) is 1. The van der Waals surface area contributed by atoms with Crippen LogP contribution in [-0.2, 0) is 18.4 Å². The Balaban J connectivity index is 1.56. The van der Waals surface area contributed by atoms with Gasteiger partial charge in [0.1, 0.15) is 12.4 Å². The molecule has 0 radical (unpaired) electrons. The van der Waals surface area contributed by atoms with E-state index in [2.05, 4.69) is 15.5 Å². The summed E-state index contributed by atoms with van der Waals surface area (Å²) in [4.78, 5) is 12.2. The summed E-state index contributed by atoms with van der Waals surface area (Å²) in [5.41, 5.74) is 0.455. The van der Waals surface area contributed by atoms with Crippen molar-refractivity contribution in [1.29, 1.82) is 0 Å². The quantitative estimate of drug-likeness (QED) is 0.427. The van der Waals surface area contributed by atoms with Crippen molar-refractivity contribution in [1.82, 2.24) is 14.8 Å². The van der Waals surface area contributed by atoms with Crippen LogP contribution in [0.2, 0.25) is 20.1 Å². The molecule has 0 aliphatic heterocycles. The summed E-state index contributed by atoms with van der Waals surface area (Å²) in [6, 6.07) is 10.00. The van der Waals surface area contributed by atoms with Gasteiger partial charge in [0.25, 0.3) is 0 Å². The summed E-state index contributed by atoms with van der Waals surface area (Å²) in [5, 5.41) is 13.1. The van der Waals surface area contributed by atoms with Crippen molar-refractivity contribution in [3.05, 3.63) is 62.3 Å². The van der Waals surface area contributed by atoms with Crippen molar-refractivity contribution in [3.63, 3.8) is 0 Å². The van der Waals surface area contributed by atoms with Crippen molar-refractivity contribution in [3.8, 4) is 5.75 Å². The van der Waals surface area contributed by atoms with Gasteiger partial charge in [0.2, 0.25) is 5.91 Å². The van der Waals surface area contributed by atoms with Crippen molar-refractivity contribution >= 4 is 69.8 Å². The minimum Gasteiger partial charge on any atom is -0.484 e. The van der Waals surface area contributed by atoms with Crippen molar-refractivity contribution in [2.24, 2.45) is 7.05 Å². The van der Waals surface area contributed by atoms with E-state index in [-0.39, 0.29) is 18.3 Å². The molecule has 0 saturated carbocycles. The Kier molecular flexibility index (Phi) is 7.54. The van der Waals surface area contributed by atoms with Gasteiger partial charge in [0.15, 0.2) is 11.0 Å². The lowest BCUT2D eigenvalue weighted by atomic mass is 10.3. The summed E-state index contributed by atoms with van der Waals surface area (Å²) in [6.45, 7) is 0.162. The molecule has 3 rings (SSSR count). The summed E-state index contributed by atoms with van der Waals surface area (Å²) in [6.07, 6.45) is 0. The highest BCUT2D eigenvalue weighted by Gasteiger charge is 2.14. The first kappa shape index (κ1) is 22.1. The third-order valence-corrected chi connectivity index (χ3v) is 6.10. The third-order valence-electron chi connectivity index (χ3n) is 3.73. The molecule has 1 N–H and O–H groups in total. The van der Waals surface area contributed by atoms with Crippen LogP contribution in [0.25, 0.3) is 0 Å². The monoisotopic (exact) mass is 490 g/mol. The molecule has 3 aromatic rings. The number of amides is 1. The van der Waals surface area contributed by atoms with Crippen molar-refractivity contribution in [2.45, 2.75) is 11.8 Å². The lowest BCUT2D eigenvalue weighted by Crippen LogP contribution is -2.15. The molecule has 152 valence electrons. The van der Waals surface area contributed by atoms with Gasteiger partial charge < -0.3 is 14.6 Å². The fourth-order valence-electron chi connectivity index (χ4n) is 2.25. The minimum absolute atomic E-state index is 0.124. The van der Waals surface area contributed by atoms with E-state index >= 15 is 0 Å². The predicted octanol–water partition coefficient (Wildman–Crippen LogP) is 5.74. The maximum atomic E-state index is 12.2. The van der Waals surface area contributed by atoms with Gasteiger partial charge in [-0.25, -0.2) is 0 Å². The number of nitrogens with zero attached hydrogens (tertiary/aromatic N) is 3. The molecule has 6 nitrogen and oxygen atoms in total. The molecule has 0 aliphatic carbocycles. The highest BCUT2D eigenvalue weighted by atomic mass is 35.5. The second-order valence-corrected chi connectivity index (χ2v) is 8.33. The van der Waals surface area contributed by atoms with Crippen LogP contribution in [0.5, 0.6) is 5.75 Å².